The van der Waals surface area contributed by atoms with Crippen molar-refractivity contribution in [1.29, 1.82) is 0 Å². The van der Waals surface area contributed by atoms with E-state index in [4.69, 9.17) is 20.2 Å². The van der Waals surface area contributed by atoms with Crippen LogP contribution in [0.5, 0.6) is 11.5 Å². The molecule has 0 saturated heterocycles. The summed E-state index contributed by atoms with van der Waals surface area (Å²) in [6, 6.07) is 24.2. The fraction of sp³-hybridized carbons (Fsp3) is 0.290. The van der Waals surface area contributed by atoms with Gasteiger partial charge in [0.1, 0.15) is 23.9 Å². The molecule has 0 aliphatic rings. The molecule has 0 radical (unpaired) electrons. The molecule has 0 bridgehead atoms. The van der Waals surface area contributed by atoms with Crippen LogP contribution in [0.2, 0.25) is 0 Å². The predicted molar refractivity (Wildman–Crippen MR) is 156 cm³/mol. The van der Waals surface area contributed by atoms with Crippen molar-refractivity contribution in [3.63, 3.8) is 0 Å². The average Bonchev–Trinajstić information content (AvgIpc) is 2.96. The Morgan fingerprint density at radius 3 is 2.18 bits per heavy atom. The number of nitrogen functional groups attached to an aromatic ring is 1. The van der Waals surface area contributed by atoms with E-state index in [1.165, 1.54) is 5.56 Å². The number of nitrogens with two attached hydrogens (primary N) is 1. The number of aromatic nitrogens is 2. The third-order valence-electron chi connectivity index (χ3n) is 6.64. The minimum absolute atomic E-state index is 0.186. The van der Waals surface area contributed by atoms with Gasteiger partial charge in [0.05, 0.1) is 24.1 Å². The third-order valence-corrected chi connectivity index (χ3v) is 6.64. The predicted octanol–water partition coefficient (Wildman–Crippen LogP) is 6.43. The van der Waals surface area contributed by atoms with E-state index >= 15 is 0 Å². The lowest BCUT2D eigenvalue weighted by atomic mass is 9.98. The first-order chi connectivity index (χ1) is 18.6. The molecule has 0 fully saturated rings. The van der Waals surface area contributed by atoms with Gasteiger partial charge in [-0.2, -0.15) is 4.98 Å². The van der Waals surface area contributed by atoms with Gasteiger partial charge in [-0.3, -0.25) is 0 Å². The number of benzene rings is 3. The number of methoxy groups -OCH3 is 1. The first-order valence-corrected chi connectivity index (χ1v) is 13.2. The van der Waals surface area contributed by atoms with E-state index < -0.39 is 0 Å². The van der Waals surface area contributed by atoms with E-state index in [2.05, 4.69) is 60.2 Å². The average molecular weight is 512 g/mol. The third kappa shape index (κ3) is 6.42. The lowest BCUT2D eigenvalue weighted by Crippen LogP contribution is -2.27. The summed E-state index contributed by atoms with van der Waals surface area (Å²) >= 11 is 0. The quantitative estimate of drug-likeness (QED) is 0.227. The highest BCUT2D eigenvalue weighted by Gasteiger charge is 2.19. The van der Waals surface area contributed by atoms with Crippen LogP contribution in [0.1, 0.15) is 26.3 Å². The molecular formula is C31H37N5O2. The van der Waals surface area contributed by atoms with E-state index in [0.717, 1.165) is 59.9 Å². The second-order valence-corrected chi connectivity index (χ2v) is 8.93. The first kappa shape index (κ1) is 26.9. The van der Waals surface area contributed by atoms with Crippen molar-refractivity contribution < 1.29 is 9.47 Å². The smallest absolute Gasteiger partial charge is 0.222 e. The Balaban J connectivity index is 1.73. The van der Waals surface area contributed by atoms with E-state index in [1.54, 1.807) is 7.11 Å². The van der Waals surface area contributed by atoms with Gasteiger partial charge in [0.2, 0.25) is 5.95 Å². The van der Waals surface area contributed by atoms with Crippen LogP contribution in [0.4, 0.5) is 17.5 Å². The molecule has 0 atom stereocenters. The van der Waals surface area contributed by atoms with Crippen LogP contribution in [0.3, 0.4) is 0 Å². The number of aryl methyl sites for hydroxylation is 1. The Labute approximate surface area is 225 Å². The van der Waals surface area contributed by atoms with Crippen LogP contribution in [0, 0.1) is 0 Å². The normalized spacial score (nSPS) is 11.0. The van der Waals surface area contributed by atoms with E-state index in [9.17, 15) is 0 Å². The Kier molecular flexibility index (Phi) is 9.16. The molecule has 0 unspecified atom stereocenters. The van der Waals surface area contributed by atoms with Crippen molar-refractivity contribution in [2.24, 2.45) is 0 Å². The molecule has 4 rings (SSSR count). The zero-order chi connectivity index (χ0) is 26.9. The molecule has 7 heteroatoms. The van der Waals surface area contributed by atoms with E-state index in [1.807, 2.05) is 48.5 Å². The number of para-hydroxylation sites is 2. The minimum Gasteiger partial charge on any atom is -0.495 e. The molecule has 0 saturated carbocycles. The molecule has 0 spiro atoms. The summed E-state index contributed by atoms with van der Waals surface area (Å²) in [7, 11) is 1.65. The van der Waals surface area contributed by atoms with Crippen molar-refractivity contribution >= 4 is 17.5 Å². The summed E-state index contributed by atoms with van der Waals surface area (Å²) in [5.74, 6) is 2.33. The number of rotatable bonds is 12. The van der Waals surface area contributed by atoms with Gasteiger partial charge >= 0.3 is 0 Å². The van der Waals surface area contributed by atoms with E-state index in [0.29, 0.717) is 18.2 Å². The van der Waals surface area contributed by atoms with Crippen LogP contribution >= 0.6 is 0 Å². The molecule has 4 aromatic rings. The Bertz CT molecular complexity index is 1320. The van der Waals surface area contributed by atoms with Gasteiger partial charge in [-0.25, -0.2) is 4.98 Å². The van der Waals surface area contributed by atoms with Crippen LogP contribution in [0.15, 0.2) is 72.8 Å². The highest BCUT2D eigenvalue weighted by Crippen LogP contribution is 2.39. The van der Waals surface area contributed by atoms with Gasteiger partial charge in [-0.1, -0.05) is 57.2 Å². The lowest BCUT2D eigenvalue weighted by molar-refractivity contribution is 0.223. The minimum atomic E-state index is 0.186. The zero-order valence-corrected chi connectivity index (χ0v) is 22.7. The largest absolute Gasteiger partial charge is 0.495 e. The summed E-state index contributed by atoms with van der Waals surface area (Å²) in [4.78, 5) is 11.6. The van der Waals surface area contributed by atoms with Crippen LogP contribution in [-0.4, -0.2) is 48.2 Å². The van der Waals surface area contributed by atoms with Gasteiger partial charge in [0, 0.05) is 12.1 Å². The number of likely N-dealkylation sites (N-methyl/N-ethyl adjacent to an activating group) is 1. The fourth-order valence-electron chi connectivity index (χ4n) is 4.37. The molecule has 38 heavy (non-hydrogen) atoms. The number of hydrogen-bond acceptors (Lipinski definition) is 7. The maximum absolute atomic E-state index is 6.24. The van der Waals surface area contributed by atoms with Gasteiger partial charge in [-0.15, -0.1) is 0 Å². The summed E-state index contributed by atoms with van der Waals surface area (Å²) in [5.41, 5.74) is 11.8. The molecule has 1 heterocycles. The summed E-state index contributed by atoms with van der Waals surface area (Å²) in [6.07, 6.45) is 0.966. The highest BCUT2D eigenvalue weighted by atomic mass is 16.5. The van der Waals surface area contributed by atoms with Crippen LogP contribution < -0.4 is 20.5 Å². The molecule has 0 aliphatic carbocycles. The van der Waals surface area contributed by atoms with Gasteiger partial charge in [0.15, 0.2) is 0 Å². The Morgan fingerprint density at radius 2 is 1.53 bits per heavy atom. The van der Waals surface area contributed by atoms with Crippen LogP contribution in [0.25, 0.3) is 22.4 Å². The molecule has 3 N–H and O–H groups in total. The first-order valence-electron chi connectivity index (χ1n) is 13.2. The molecule has 0 aliphatic heterocycles. The van der Waals surface area contributed by atoms with Crippen molar-refractivity contribution in [3.05, 3.63) is 78.4 Å². The molecule has 0 amide bonds. The van der Waals surface area contributed by atoms with Crippen molar-refractivity contribution in [2.75, 3.05) is 44.4 Å². The van der Waals surface area contributed by atoms with Gasteiger partial charge in [-0.05, 0) is 67.0 Å². The van der Waals surface area contributed by atoms with Crippen LogP contribution in [-0.2, 0) is 6.42 Å². The Morgan fingerprint density at radius 1 is 0.842 bits per heavy atom. The lowest BCUT2D eigenvalue weighted by Gasteiger charge is -2.19. The monoisotopic (exact) mass is 511 g/mol. The molecule has 3 aromatic carbocycles. The fourth-order valence-corrected chi connectivity index (χ4v) is 4.37. The zero-order valence-electron chi connectivity index (χ0n) is 22.7. The Hall–Kier alpha value is -4.10. The number of nitrogens with one attached hydrogen (secondary N) is 1. The summed E-state index contributed by atoms with van der Waals surface area (Å²) in [6.45, 7) is 10.0. The molecule has 1 aromatic heterocycles. The summed E-state index contributed by atoms with van der Waals surface area (Å²) < 4.78 is 11.6. The van der Waals surface area contributed by atoms with Crippen molar-refractivity contribution in [3.8, 4) is 33.9 Å². The molecule has 198 valence electrons. The second kappa shape index (κ2) is 12.9. The standard InChI is InChI=1S/C31H37N5O2/c1-5-22-12-14-23(15-13-22)28-29(24-16-18-25(19-17-24)38-21-20-36(6-2)7-3)34-31(32)35-30(28)33-26-10-8-9-11-27(26)37-4/h8-19H,5-7,20-21H2,1-4H3,(H3,32,33,34,35). The SMILES string of the molecule is CCc1ccc(-c2c(Nc3ccccc3OC)nc(N)nc2-c2ccc(OCCN(CC)CC)cc2)cc1. The van der Waals surface area contributed by atoms with Crippen molar-refractivity contribution in [2.45, 2.75) is 27.2 Å². The summed E-state index contributed by atoms with van der Waals surface area (Å²) in [5, 5.41) is 3.45. The topological polar surface area (TPSA) is 85.5 Å². The highest BCUT2D eigenvalue weighted by molar-refractivity contribution is 5.91. The maximum atomic E-state index is 6.24. The van der Waals surface area contributed by atoms with E-state index in [-0.39, 0.29) is 5.95 Å². The van der Waals surface area contributed by atoms with Crippen molar-refractivity contribution in [1.82, 2.24) is 14.9 Å². The number of ether oxygens (including phenoxy) is 2. The maximum Gasteiger partial charge on any atom is 0.222 e. The second-order valence-electron chi connectivity index (χ2n) is 8.93. The number of anilines is 3. The van der Waals surface area contributed by atoms with Gasteiger partial charge < -0.3 is 25.4 Å². The number of nitrogens with zero attached hydrogens (tertiary/aromatic N) is 3. The molecule has 7 nitrogen and oxygen atoms in total. The number of hydrogen-bond donors (Lipinski definition) is 2. The molecular weight excluding hydrogens is 474 g/mol. The van der Waals surface area contributed by atoms with Gasteiger partial charge in [0.25, 0.3) is 0 Å².